The molecular formula is C33H52N6O3. The average Bonchev–Trinajstić information content (AvgIpc) is 3.32. The van der Waals surface area contributed by atoms with E-state index in [2.05, 4.69) is 40.9 Å². The summed E-state index contributed by atoms with van der Waals surface area (Å²) in [6, 6.07) is 0.690. The first-order valence-corrected chi connectivity index (χ1v) is 16.3. The maximum absolute atomic E-state index is 12.4. The maximum Gasteiger partial charge on any atom is 0.410 e. The van der Waals surface area contributed by atoms with Gasteiger partial charge in [0, 0.05) is 68.2 Å². The molecule has 232 valence electrons. The number of carbonyl (C=O) groups excluding carboxylic acids is 1. The molecule has 1 aliphatic heterocycles. The molecule has 3 aliphatic rings. The molecule has 2 atom stereocenters. The highest BCUT2D eigenvalue weighted by Gasteiger charge is 2.29. The maximum atomic E-state index is 12.4. The number of fused-ring (bicyclic) bond motifs is 1. The van der Waals surface area contributed by atoms with Gasteiger partial charge in [-0.25, -0.2) is 9.78 Å². The number of carbonyl (C=O) groups is 1. The number of hydrogen-bond donors (Lipinski definition) is 2. The third-order valence-electron chi connectivity index (χ3n) is 9.13. The lowest BCUT2D eigenvalue weighted by Crippen LogP contribution is -2.50. The first-order chi connectivity index (χ1) is 20.1. The van der Waals surface area contributed by atoms with Crippen LogP contribution in [0.1, 0.15) is 104 Å². The molecule has 1 saturated carbocycles. The van der Waals surface area contributed by atoms with E-state index in [1.807, 2.05) is 31.9 Å². The van der Waals surface area contributed by atoms with Gasteiger partial charge in [0.1, 0.15) is 11.2 Å². The van der Waals surface area contributed by atoms with Crippen molar-refractivity contribution in [1.29, 1.82) is 0 Å². The molecule has 2 N–H and O–H groups in total. The lowest BCUT2D eigenvalue weighted by molar-refractivity contribution is 0.0132. The largest absolute Gasteiger partial charge is 0.444 e. The molecule has 1 saturated heterocycles. The Morgan fingerprint density at radius 3 is 2.52 bits per heavy atom. The molecule has 1 amide bonds. The normalized spacial score (nSPS) is 24.9. The van der Waals surface area contributed by atoms with Gasteiger partial charge in [-0.1, -0.05) is 19.4 Å². The standard InChI is InChI=1S/C33H52N6O3/c1-6-7-23(2)35-31-34-20-28-29(22-39(30(28)36-31)26-12-14-27(40)15-13-26)25-10-8-24(9-11-25)21-37-16-18-38(19-17-37)32(41)42-33(3,4)5/h10,20,22-24,26-27,40H,6-9,11-19,21H2,1-5H3,(H,34,35,36)/t23-,24?,26-,27-/m0/s1. The van der Waals surface area contributed by atoms with Crippen molar-refractivity contribution in [3.8, 4) is 0 Å². The summed E-state index contributed by atoms with van der Waals surface area (Å²) in [6.45, 7) is 14.5. The monoisotopic (exact) mass is 580 g/mol. The fourth-order valence-corrected chi connectivity index (χ4v) is 6.80. The summed E-state index contributed by atoms with van der Waals surface area (Å²) in [5, 5.41) is 14.8. The number of nitrogens with zero attached hydrogens (tertiary/aromatic N) is 5. The van der Waals surface area contributed by atoms with Crippen LogP contribution >= 0.6 is 0 Å². The van der Waals surface area contributed by atoms with Crippen molar-refractivity contribution in [3.05, 3.63) is 24.0 Å². The van der Waals surface area contributed by atoms with Crippen LogP contribution in [0.2, 0.25) is 0 Å². The molecule has 0 spiro atoms. The number of aromatic nitrogens is 3. The summed E-state index contributed by atoms with van der Waals surface area (Å²) in [6.07, 6.45) is 15.6. The Morgan fingerprint density at radius 2 is 1.88 bits per heavy atom. The van der Waals surface area contributed by atoms with E-state index in [0.717, 1.165) is 102 Å². The van der Waals surface area contributed by atoms with Gasteiger partial charge < -0.3 is 24.6 Å². The minimum absolute atomic E-state index is 0.178. The number of allylic oxidation sites excluding steroid dienone is 2. The van der Waals surface area contributed by atoms with Crippen LogP contribution in [0.3, 0.4) is 0 Å². The van der Waals surface area contributed by atoms with Crippen LogP contribution < -0.4 is 5.32 Å². The Bertz CT molecular complexity index is 1230. The van der Waals surface area contributed by atoms with E-state index in [0.29, 0.717) is 23.9 Å². The molecule has 5 rings (SSSR count). The van der Waals surface area contributed by atoms with Crippen LogP contribution in [0.4, 0.5) is 10.7 Å². The Balaban J connectivity index is 1.26. The van der Waals surface area contributed by atoms with Crippen LogP contribution in [-0.4, -0.2) is 86.0 Å². The zero-order valence-electron chi connectivity index (χ0n) is 26.4. The Labute approximate surface area is 251 Å². The number of aliphatic hydroxyl groups excluding tert-OH is 1. The predicted molar refractivity (Wildman–Crippen MR) is 169 cm³/mol. The van der Waals surface area contributed by atoms with E-state index in [1.165, 1.54) is 11.1 Å². The molecule has 0 radical (unpaired) electrons. The molecule has 42 heavy (non-hydrogen) atoms. The van der Waals surface area contributed by atoms with Crippen molar-refractivity contribution in [2.75, 3.05) is 38.0 Å². The molecule has 2 aliphatic carbocycles. The number of ether oxygens (including phenoxy) is 1. The van der Waals surface area contributed by atoms with Gasteiger partial charge >= 0.3 is 6.09 Å². The Kier molecular flexibility index (Phi) is 9.77. The quantitative estimate of drug-likeness (QED) is 0.381. The van der Waals surface area contributed by atoms with Crippen molar-refractivity contribution in [3.63, 3.8) is 0 Å². The first kappa shape index (κ1) is 30.8. The van der Waals surface area contributed by atoms with Crippen LogP contribution in [-0.2, 0) is 4.74 Å². The predicted octanol–water partition coefficient (Wildman–Crippen LogP) is 6.24. The summed E-state index contributed by atoms with van der Waals surface area (Å²) < 4.78 is 7.94. The van der Waals surface area contributed by atoms with Crippen LogP contribution in [0.5, 0.6) is 0 Å². The third-order valence-corrected chi connectivity index (χ3v) is 9.13. The van der Waals surface area contributed by atoms with Gasteiger partial charge in [-0.15, -0.1) is 0 Å². The van der Waals surface area contributed by atoms with E-state index in [-0.39, 0.29) is 12.2 Å². The molecule has 9 heteroatoms. The van der Waals surface area contributed by atoms with Crippen molar-refractivity contribution >= 4 is 28.6 Å². The highest BCUT2D eigenvalue weighted by atomic mass is 16.6. The van der Waals surface area contributed by atoms with Crippen molar-refractivity contribution in [2.24, 2.45) is 5.92 Å². The van der Waals surface area contributed by atoms with Gasteiger partial charge in [-0.2, -0.15) is 4.98 Å². The minimum atomic E-state index is -0.454. The molecule has 1 unspecified atom stereocenters. The number of rotatable bonds is 8. The summed E-state index contributed by atoms with van der Waals surface area (Å²) in [5.74, 6) is 1.33. The Hall–Kier alpha value is -2.65. The number of piperazine rings is 1. The van der Waals surface area contributed by atoms with Crippen LogP contribution in [0.15, 0.2) is 18.5 Å². The topological polar surface area (TPSA) is 95.8 Å². The summed E-state index contributed by atoms with van der Waals surface area (Å²) >= 11 is 0. The van der Waals surface area contributed by atoms with E-state index >= 15 is 0 Å². The number of amides is 1. The number of nitrogens with one attached hydrogen (secondary N) is 1. The van der Waals surface area contributed by atoms with Crippen molar-refractivity contribution in [2.45, 2.75) is 116 Å². The third kappa shape index (κ3) is 7.64. The molecule has 2 aromatic heterocycles. The van der Waals surface area contributed by atoms with Gasteiger partial charge in [-0.05, 0) is 90.6 Å². The van der Waals surface area contributed by atoms with Gasteiger partial charge in [-0.3, -0.25) is 4.90 Å². The molecule has 9 nitrogen and oxygen atoms in total. The lowest BCUT2D eigenvalue weighted by atomic mass is 9.86. The fraction of sp³-hybridized carbons (Fsp3) is 0.727. The van der Waals surface area contributed by atoms with Gasteiger partial charge in [0.05, 0.1) is 6.10 Å². The van der Waals surface area contributed by atoms with Gasteiger partial charge in [0.25, 0.3) is 0 Å². The Morgan fingerprint density at radius 1 is 1.14 bits per heavy atom. The highest BCUT2D eigenvalue weighted by molar-refractivity contribution is 5.91. The number of aliphatic hydroxyl groups is 1. The second-order valence-electron chi connectivity index (χ2n) is 13.8. The molecule has 2 aromatic rings. The van der Waals surface area contributed by atoms with E-state index in [9.17, 15) is 9.90 Å². The van der Waals surface area contributed by atoms with Gasteiger partial charge in [0.2, 0.25) is 5.95 Å². The smallest absolute Gasteiger partial charge is 0.410 e. The first-order valence-electron chi connectivity index (χ1n) is 16.3. The zero-order valence-corrected chi connectivity index (χ0v) is 26.4. The van der Waals surface area contributed by atoms with Crippen molar-refractivity contribution < 1.29 is 14.6 Å². The second-order valence-corrected chi connectivity index (χ2v) is 13.8. The van der Waals surface area contributed by atoms with Crippen molar-refractivity contribution in [1.82, 2.24) is 24.3 Å². The molecule has 2 fully saturated rings. The summed E-state index contributed by atoms with van der Waals surface area (Å²) in [7, 11) is 0. The SMILES string of the molecule is CCC[C@H](C)Nc1ncc2c(C3=CCC(CN4CCN(C(=O)OC(C)(C)C)CC4)CC3)cn([C@H]3CC[C@H](O)CC3)c2n1. The summed E-state index contributed by atoms with van der Waals surface area (Å²) in [5.41, 5.74) is 3.24. The highest BCUT2D eigenvalue weighted by Crippen LogP contribution is 2.38. The molecule has 0 aromatic carbocycles. The molecule has 0 bridgehead atoms. The van der Waals surface area contributed by atoms with E-state index in [4.69, 9.17) is 14.7 Å². The minimum Gasteiger partial charge on any atom is -0.444 e. The molecular weight excluding hydrogens is 528 g/mol. The summed E-state index contributed by atoms with van der Waals surface area (Å²) in [4.78, 5) is 26.6. The molecule has 3 heterocycles. The van der Waals surface area contributed by atoms with Crippen LogP contribution in [0.25, 0.3) is 16.6 Å². The zero-order chi connectivity index (χ0) is 29.9. The second kappa shape index (κ2) is 13.3. The van der Waals surface area contributed by atoms with Gasteiger partial charge in [0.15, 0.2) is 0 Å². The van der Waals surface area contributed by atoms with E-state index in [1.54, 1.807) is 0 Å². The van der Waals surface area contributed by atoms with Crippen LogP contribution in [0, 0.1) is 5.92 Å². The lowest BCUT2D eigenvalue weighted by Gasteiger charge is -2.37. The number of anilines is 1. The fourth-order valence-electron chi connectivity index (χ4n) is 6.80. The number of hydrogen-bond acceptors (Lipinski definition) is 7. The average molecular weight is 581 g/mol. The van der Waals surface area contributed by atoms with E-state index < -0.39 is 5.60 Å².